The van der Waals surface area contributed by atoms with Crippen molar-refractivity contribution in [3.05, 3.63) is 47.7 Å². The molecule has 0 spiro atoms. The first-order valence-corrected chi connectivity index (χ1v) is 9.08. The number of aromatic nitrogens is 1. The Morgan fingerprint density at radius 3 is 2.74 bits per heavy atom. The van der Waals surface area contributed by atoms with Crippen molar-refractivity contribution in [2.45, 2.75) is 19.9 Å². The van der Waals surface area contributed by atoms with Crippen molar-refractivity contribution < 1.29 is 14.3 Å². The quantitative estimate of drug-likeness (QED) is 0.650. The van der Waals surface area contributed by atoms with E-state index in [0.29, 0.717) is 24.7 Å². The predicted molar refractivity (Wildman–Crippen MR) is 104 cm³/mol. The molecular weight excluding hydrogens is 344 g/mol. The molecule has 0 radical (unpaired) electrons. The molecule has 0 fully saturated rings. The lowest BCUT2D eigenvalue weighted by atomic mass is 9.95. The molecule has 1 aliphatic heterocycles. The largest absolute Gasteiger partial charge is 0.478 e. The zero-order valence-electron chi connectivity index (χ0n) is 15.5. The maximum absolute atomic E-state index is 12.8. The summed E-state index contributed by atoms with van der Waals surface area (Å²) in [7, 11) is 1.85. The van der Waals surface area contributed by atoms with Gasteiger partial charge in [-0.1, -0.05) is 19.1 Å². The van der Waals surface area contributed by atoms with E-state index >= 15 is 0 Å². The average Bonchev–Trinajstić information content (AvgIpc) is 2.71. The van der Waals surface area contributed by atoms with E-state index in [1.165, 1.54) is 0 Å². The van der Waals surface area contributed by atoms with Crippen molar-refractivity contribution in [2.24, 2.45) is 5.92 Å². The second-order valence-corrected chi connectivity index (χ2v) is 6.36. The van der Waals surface area contributed by atoms with Gasteiger partial charge in [-0.2, -0.15) is 0 Å². The van der Waals surface area contributed by atoms with Crippen LogP contribution in [0.1, 0.15) is 29.4 Å². The number of ketones is 1. The van der Waals surface area contributed by atoms with Crippen LogP contribution < -0.4 is 20.7 Å². The number of amides is 1. The van der Waals surface area contributed by atoms with Gasteiger partial charge >= 0.3 is 0 Å². The minimum atomic E-state index is -0.803. The van der Waals surface area contributed by atoms with Crippen molar-refractivity contribution in [2.75, 3.05) is 30.8 Å². The summed E-state index contributed by atoms with van der Waals surface area (Å²) in [5, 5.41) is 9.00. The Labute approximate surface area is 158 Å². The molecule has 1 aromatic heterocycles. The lowest BCUT2D eigenvalue weighted by Crippen LogP contribution is -2.42. The standard InChI is InChI=1S/C20H24N4O3/c1-3-10-27-17-9-8-16-18(24-17)19(25)15(12-22-16)20(26)23-11-13-4-6-14(21-2)7-5-13/h4-9,15,21-22H,3,10-12H2,1-2H3,(H,23,26). The van der Waals surface area contributed by atoms with Crippen molar-refractivity contribution in [1.82, 2.24) is 10.3 Å². The lowest BCUT2D eigenvalue weighted by Gasteiger charge is -2.24. The Kier molecular flexibility index (Phi) is 5.90. The number of fused-ring (bicyclic) bond motifs is 1. The van der Waals surface area contributed by atoms with Gasteiger partial charge in [-0.05, 0) is 30.2 Å². The smallest absolute Gasteiger partial charge is 0.233 e. The van der Waals surface area contributed by atoms with Gasteiger partial charge in [0, 0.05) is 31.9 Å². The van der Waals surface area contributed by atoms with Gasteiger partial charge in [0.25, 0.3) is 0 Å². The van der Waals surface area contributed by atoms with Crippen molar-refractivity contribution in [1.29, 1.82) is 0 Å². The molecule has 1 unspecified atom stereocenters. The van der Waals surface area contributed by atoms with Crippen LogP contribution in [0, 0.1) is 5.92 Å². The van der Waals surface area contributed by atoms with Gasteiger partial charge in [0.15, 0.2) is 5.78 Å². The van der Waals surface area contributed by atoms with Gasteiger partial charge in [0.2, 0.25) is 11.8 Å². The molecule has 0 bridgehead atoms. The van der Waals surface area contributed by atoms with Crippen LogP contribution in [-0.4, -0.2) is 36.9 Å². The molecule has 2 heterocycles. The number of pyridine rings is 1. The van der Waals surface area contributed by atoms with E-state index in [4.69, 9.17) is 4.74 Å². The number of anilines is 2. The highest BCUT2D eigenvalue weighted by atomic mass is 16.5. The van der Waals surface area contributed by atoms with Crippen LogP contribution in [-0.2, 0) is 11.3 Å². The second kappa shape index (κ2) is 8.53. The summed E-state index contributed by atoms with van der Waals surface area (Å²) in [4.78, 5) is 29.6. The topological polar surface area (TPSA) is 92.3 Å². The fourth-order valence-electron chi connectivity index (χ4n) is 2.84. The number of nitrogens with one attached hydrogen (secondary N) is 3. The van der Waals surface area contributed by atoms with E-state index in [0.717, 1.165) is 17.7 Å². The fourth-order valence-corrected chi connectivity index (χ4v) is 2.84. The highest BCUT2D eigenvalue weighted by molar-refractivity contribution is 6.13. The average molecular weight is 368 g/mol. The number of hydrogen-bond donors (Lipinski definition) is 3. The number of benzene rings is 1. The molecule has 7 heteroatoms. The molecule has 142 valence electrons. The molecule has 1 aromatic carbocycles. The van der Waals surface area contributed by atoms with Gasteiger partial charge in [-0.25, -0.2) is 4.98 Å². The Bertz CT molecular complexity index is 820. The maximum Gasteiger partial charge on any atom is 0.233 e. The molecule has 7 nitrogen and oxygen atoms in total. The Hall–Kier alpha value is -3.09. The summed E-state index contributed by atoms with van der Waals surface area (Å²) in [6, 6.07) is 11.2. The number of carbonyl (C=O) groups is 2. The normalized spacial score (nSPS) is 15.5. The van der Waals surface area contributed by atoms with Crippen LogP contribution in [0.4, 0.5) is 11.4 Å². The summed E-state index contributed by atoms with van der Waals surface area (Å²) in [6.45, 7) is 3.15. The second-order valence-electron chi connectivity index (χ2n) is 6.36. The van der Waals surface area contributed by atoms with E-state index < -0.39 is 5.92 Å². The highest BCUT2D eigenvalue weighted by Gasteiger charge is 2.34. The van der Waals surface area contributed by atoms with E-state index in [1.807, 2.05) is 38.2 Å². The minimum Gasteiger partial charge on any atom is -0.478 e. The first kappa shape index (κ1) is 18.7. The van der Waals surface area contributed by atoms with Gasteiger partial charge in [0.1, 0.15) is 11.6 Å². The summed E-state index contributed by atoms with van der Waals surface area (Å²) in [6.07, 6.45) is 0.852. The third-order valence-electron chi connectivity index (χ3n) is 4.40. The Morgan fingerprint density at radius 2 is 2.04 bits per heavy atom. The molecule has 27 heavy (non-hydrogen) atoms. The van der Waals surface area contributed by atoms with E-state index in [-0.39, 0.29) is 23.9 Å². The summed E-state index contributed by atoms with van der Waals surface area (Å²) in [5.41, 5.74) is 2.86. The molecule has 1 aliphatic rings. The maximum atomic E-state index is 12.8. The molecule has 3 rings (SSSR count). The summed E-state index contributed by atoms with van der Waals surface area (Å²) in [5.74, 6) is -0.995. The third kappa shape index (κ3) is 4.36. The summed E-state index contributed by atoms with van der Waals surface area (Å²) >= 11 is 0. The first-order valence-electron chi connectivity index (χ1n) is 9.08. The first-order chi connectivity index (χ1) is 13.1. The number of rotatable bonds is 7. The van der Waals surface area contributed by atoms with Crippen LogP contribution >= 0.6 is 0 Å². The minimum absolute atomic E-state index is 0.257. The fraction of sp³-hybridized carbons (Fsp3) is 0.350. The number of nitrogens with zero attached hydrogens (tertiary/aromatic N) is 1. The Balaban J connectivity index is 1.65. The number of ether oxygens (including phenoxy) is 1. The van der Waals surface area contributed by atoms with Crippen LogP contribution in [0.25, 0.3) is 0 Å². The number of carbonyl (C=O) groups excluding carboxylic acids is 2. The molecule has 3 N–H and O–H groups in total. The van der Waals surface area contributed by atoms with Crippen LogP contribution in [0.3, 0.4) is 0 Å². The third-order valence-corrected chi connectivity index (χ3v) is 4.40. The highest BCUT2D eigenvalue weighted by Crippen LogP contribution is 2.26. The molecule has 0 saturated carbocycles. The van der Waals surface area contributed by atoms with Gasteiger partial charge in [-0.15, -0.1) is 0 Å². The zero-order chi connectivity index (χ0) is 19.2. The molecular formula is C20H24N4O3. The molecule has 1 atom stereocenters. The van der Waals surface area contributed by atoms with Gasteiger partial charge in [0.05, 0.1) is 12.3 Å². The zero-order valence-corrected chi connectivity index (χ0v) is 15.5. The van der Waals surface area contributed by atoms with Crippen molar-refractivity contribution in [3.63, 3.8) is 0 Å². The van der Waals surface area contributed by atoms with E-state index in [1.54, 1.807) is 12.1 Å². The van der Waals surface area contributed by atoms with Crippen molar-refractivity contribution in [3.8, 4) is 5.88 Å². The lowest BCUT2D eigenvalue weighted by molar-refractivity contribution is -0.123. The van der Waals surface area contributed by atoms with Crippen LogP contribution in [0.15, 0.2) is 36.4 Å². The van der Waals surface area contributed by atoms with Gasteiger partial charge < -0.3 is 20.7 Å². The monoisotopic (exact) mass is 368 g/mol. The summed E-state index contributed by atoms with van der Waals surface area (Å²) < 4.78 is 5.49. The van der Waals surface area contributed by atoms with E-state index in [2.05, 4.69) is 20.9 Å². The molecule has 0 aliphatic carbocycles. The molecule has 1 amide bonds. The molecule has 2 aromatic rings. The number of hydrogen-bond acceptors (Lipinski definition) is 6. The van der Waals surface area contributed by atoms with Gasteiger partial charge in [-0.3, -0.25) is 9.59 Å². The van der Waals surface area contributed by atoms with E-state index in [9.17, 15) is 9.59 Å². The van der Waals surface area contributed by atoms with Crippen molar-refractivity contribution >= 4 is 23.1 Å². The molecule has 0 saturated heterocycles. The number of Topliss-reactive ketones (excluding diaryl/α,β-unsaturated/α-hetero) is 1. The van der Waals surface area contributed by atoms with Crippen LogP contribution in [0.2, 0.25) is 0 Å². The predicted octanol–water partition coefficient (Wildman–Crippen LogP) is 2.45. The Morgan fingerprint density at radius 1 is 1.26 bits per heavy atom. The van der Waals surface area contributed by atoms with Crippen LogP contribution in [0.5, 0.6) is 5.88 Å². The SMILES string of the molecule is CCCOc1ccc2c(n1)C(=O)C(C(=O)NCc1ccc(NC)cc1)CN2.